The number of hydrogen-bond acceptors (Lipinski definition) is 3. The average Bonchev–Trinajstić information content (AvgIpc) is 2.44. The maximum Gasteiger partial charge on any atom is 0.239 e. The Kier molecular flexibility index (Phi) is 6.57. The number of amides is 1. The maximum absolute atomic E-state index is 12.0. The minimum atomic E-state index is -0.624. The third kappa shape index (κ3) is 6.16. The molecular weight excluding hydrogens is 276 g/mol. The normalized spacial score (nSPS) is 13.3. The van der Waals surface area contributed by atoms with Crippen molar-refractivity contribution in [1.29, 1.82) is 0 Å². The number of hydrogen-bond donors (Lipinski definition) is 1. The van der Waals surface area contributed by atoms with Gasteiger partial charge in [0.2, 0.25) is 5.91 Å². The van der Waals surface area contributed by atoms with E-state index in [-0.39, 0.29) is 11.9 Å². The molecule has 1 amide bonds. The van der Waals surface area contributed by atoms with E-state index in [4.69, 9.17) is 0 Å². The van der Waals surface area contributed by atoms with Crippen LogP contribution in [0, 0.1) is 0 Å². The molecule has 0 spiro atoms. The molecule has 124 valence electrons. The first kappa shape index (κ1) is 18.7. The van der Waals surface area contributed by atoms with Crippen LogP contribution in [-0.2, 0) is 17.8 Å². The molecule has 1 aromatic rings. The Morgan fingerprint density at radius 2 is 1.64 bits per heavy atom. The Labute approximate surface area is 134 Å². The van der Waals surface area contributed by atoms with Crippen molar-refractivity contribution in [3.05, 3.63) is 35.4 Å². The first-order chi connectivity index (χ1) is 10.1. The number of aryl methyl sites for hydroxylation is 1. The summed E-state index contributed by atoms with van der Waals surface area (Å²) < 4.78 is 0. The highest BCUT2D eigenvalue weighted by Crippen LogP contribution is 2.15. The van der Waals surface area contributed by atoms with Gasteiger partial charge in [0.15, 0.2) is 0 Å². The van der Waals surface area contributed by atoms with Crippen LogP contribution >= 0.6 is 0 Å². The molecule has 0 aliphatic heterocycles. The Balaban J connectivity index is 2.58. The average molecular weight is 306 g/mol. The molecule has 0 aliphatic rings. The number of carbonyl (C=O) groups excluding carboxylic acids is 1. The van der Waals surface area contributed by atoms with Crippen molar-refractivity contribution < 1.29 is 9.90 Å². The lowest BCUT2D eigenvalue weighted by atomic mass is 9.98. The summed E-state index contributed by atoms with van der Waals surface area (Å²) in [7, 11) is 5.53. The molecule has 4 heteroatoms. The molecule has 0 aliphatic carbocycles. The lowest BCUT2D eigenvalue weighted by Crippen LogP contribution is -2.42. The molecule has 0 saturated heterocycles. The van der Waals surface area contributed by atoms with Gasteiger partial charge in [0.1, 0.15) is 0 Å². The standard InChI is InChI=1S/C18H30N2O2/c1-14(17(21)19(4)5)20(6)13-16-9-7-15(8-10-16)11-12-18(2,3)22/h7-10,14,22H,11-13H2,1-6H3/t14-/m0/s1. The Bertz CT molecular complexity index is 475. The number of nitrogens with zero attached hydrogens (tertiary/aromatic N) is 2. The van der Waals surface area contributed by atoms with Gasteiger partial charge in [-0.1, -0.05) is 24.3 Å². The number of carbonyl (C=O) groups is 1. The SMILES string of the molecule is C[C@@H](C(=O)N(C)C)N(C)Cc1ccc(CCC(C)(C)O)cc1. The van der Waals surface area contributed by atoms with Crippen LogP contribution in [0.4, 0.5) is 0 Å². The van der Waals surface area contributed by atoms with Crippen molar-refractivity contribution in [2.24, 2.45) is 0 Å². The van der Waals surface area contributed by atoms with Gasteiger partial charge in [0.05, 0.1) is 11.6 Å². The van der Waals surface area contributed by atoms with Gasteiger partial charge in [-0.05, 0) is 51.8 Å². The van der Waals surface area contributed by atoms with Crippen LogP contribution < -0.4 is 0 Å². The molecule has 1 rings (SSSR count). The predicted molar refractivity (Wildman–Crippen MR) is 90.7 cm³/mol. The second-order valence-electron chi connectivity index (χ2n) is 6.95. The molecular formula is C18H30N2O2. The number of benzene rings is 1. The summed E-state index contributed by atoms with van der Waals surface area (Å²) in [6, 6.07) is 8.28. The molecule has 0 bridgehead atoms. The molecule has 0 fully saturated rings. The fraction of sp³-hybridized carbons (Fsp3) is 0.611. The molecule has 1 aromatic carbocycles. The molecule has 0 saturated carbocycles. The van der Waals surface area contributed by atoms with E-state index < -0.39 is 5.60 Å². The summed E-state index contributed by atoms with van der Waals surface area (Å²) >= 11 is 0. The highest BCUT2D eigenvalue weighted by Gasteiger charge is 2.19. The van der Waals surface area contributed by atoms with Gasteiger partial charge < -0.3 is 10.0 Å². The van der Waals surface area contributed by atoms with Gasteiger partial charge >= 0.3 is 0 Å². The van der Waals surface area contributed by atoms with Crippen LogP contribution in [0.3, 0.4) is 0 Å². The summed E-state index contributed by atoms with van der Waals surface area (Å²) in [5, 5.41) is 9.77. The summed E-state index contributed by atoms with van der Waals surface area (Å²) in [4.78, 5) is 15.6. The highest BCUT2D eigenvalue weighted by molar-refractivity contribution is 5.80. The maximum atomic E-state index is 12.0. The molecule has 1 atom stereocenters. The van der Waals surface area contributed by atoms with Crippen LogP contribution in [0.15, 0.2) is 24.3 Å². The molecule has 0 heterocycles. The summed E-state index contributed by atoms with van der Waals surface area (Å²) in [6.07, 6.45) is 1.62. The van der Waals surface area contributed by atoms with Crippen LogP contribution in [0.1, 0.15) is 38.3 Å². The van der Waals surface area contributed by atoms with Crippen LogP contribution in [0.25, 0.3) is 0 Å². The van der Waals surface area contributed by atoms with E-state index in [1.54, 1.807) is 19.0 Å². The van der Waals surface area contributed by atoms with Gasteiger partial charge in [0.25, 0.3) is 0 Å². The lowest BCUT2D eigenvalue weighted by molar-refractivity contribution is -0.133. The van der Waals surface area contributed by atoms with Crippen LogP contribution in [-0.4, -0.2) is 53.6 Å². The van der Waals surface area contributed by atoms with Crippen molar-refractivity contribution in [3.8, 4) is 0 Å². The number of likely N-dealkylation sites (N-methyl/N-ethyl adjacent to an activating group) is 2. The smallest absolute Gasteiger partial charge is 0.239 e. The van der Waals surface area contributed by atoms with E-state index in [0.29, 0.717) is 0 Å². The molecule has 1 N–H and O–H groups in total. The molecule has 0 aromatic heterocycles. The summed E-state index contributed by atoms with van der Waals surface area (Å²) in [5.41, 5.74) is 1.79. The van der Waals surface area contributed by atoms with Gasteiger partial charge in [-0.2, -0.15) is 0 Å². The first-order valence-corrected chi connectivity index (χ1v) is 7.82. The molecule has 0 radical (unpaired) electrons. The van der Waals surface area contributed by atoms with E-state index in [1.807, 2.05) is 32.7 Å². The van der Waals surface area contributed by atoms with E-state index in [2.05, 4.69) is 24.3 Å². The quantitative estimate of drug-likeness (QED) is 0.840. The van der Waals surface area contributed by atoms with E-state index in [9.17, 15) is 9.90 Å². The fourth-order valence-electron chi connectivity index (χ4n) is 2.25. The van der Waals surface area contributed by atoms with Gasteiger partial charge in [-0.3, -0.25) is 9.69 Å². The number of rotatable bonds is 7. The van der Waals surface area contributed by atoms with Gasteiger partial charge in [-0.15, -0.1) is 0 Å². The minimum Gasteiger partial charge on any atom is -0.390 e. The minimum absolute atomic E-state index is 0.115. The van der Waals surface area contributed by atoms with Crippen molar-refractivity contribution in [2.75, 3.05) is 21.1 Å². The second-order valence-corrected chi connectivity index (χ2v) is 6.95. The largest absolute Gasteiger partial charge is 0.390 e. The zero-order valence-electron chi connectivity index (χ0n) is 14.8. The monoisotopic (exact) mass is 306 g/mol. The highest BCUT2D eigenvalue weighted by atomic mass is 16.3. The fourth-order valence-corrected chi connectivity index (χ4v) is 2.25. The third-order valence-electron chi connectivity index (χ3n) is 3.94. The number of aliphatic hydroxyl groups is 1. The summed E-state index contributed by atoms with van der Waals surface area (Å²) in [5.74, 6) is 0.115. The van der Waals surface area contributed by atoms with E-state index in [0.717, 1.165) is 19.4 Å². The zero-order valence-corrected chi connectivity index (χ0v) is 14.8. The Morgan fingerprint density at radius 3 is 2.09 bits per heavy atom. The van der Waals surface area contributed by atoms with Crippen molar-refractivity contribution >= 4 is 5.91 Å². The van der Waals surface area contributed by atoms with Gasteiger partial charge in [0, 0.05) is 20.6 Å². The van der Waals surface area contributed by atoms with E-state index in [1.165, 1.54) is 11.1 Å². The van der Waals surface area contributed by atoms with Crippen molar-refractivity contribution in [1.82, 2.24) is 9.80 Å². The topological polar surface area (TPSA) is 43.8 Å². The van der Waals surface area contributed by atoms with Crippen molar-refractivity contribution in [2.45, 2.75) is 51.8 Å². The van der Waals surface area contributed by atoms with Crippen LogP contribution in [0.5, 0.6) is 0 Å². The lowest BCUT2D eigenvalue weighted by Gasteiger charge is -2.26. The van der Waals surface area contributed by atoms with Crippen molar-refractivity contribution in [3.63, 3.8) is 0 Å². The third-order valence-corrected chi connectivity index (χ3v) is 3.94. The van der Waals surface area contributed by atoms with Crippen LogP contribution in [0.2, 0.25) is 0 Å². The van der Waals surface area contributed by atoms with E-state index >= 15 is 0 Å². The van der Waals surface area contributed by atoms with Gasteiger partial charge in [-0.25, -0.2) is 0 Å². The second kappa shape index (κ2) is 7.75. The Hall–Kier alpha value is -1.39. The predicted octanol–water partition coefficient (Wildman–Crippen LogP) is 2.30. The first-order valence-electron chi connectivity index (χ1n) is 7.82. The molecule has 0 unspecified atom stereocenters. The molecule has 4 nitrogen and oxygen atoms in total. The Morgan fingerprint density at radius 1 is 1.14 bits per heavy atom. The summed E-state index contributed by atoms with van der Waals surface area (Å²) in [6.45, 7) is 6.34. The molecule has 22 heavy (non-hydrogen) atoms. The zero-order chi connectivity index (χ0) is 16.9.